The summed E-state index contributed by atoms with van der Waals surface area (Å²) in [6.45, 7) is 3.95. The Labute approximate surface area is 122 Å². The van der Waals surface area contributed by atoms with Crippen LogP contribution in [0.1, 0.15) is 0 Å². The molecular formula is C15H18N6. The van der Waals surface area contributed by atoms with Crippen molar-refractivity contribution in [3.63, 3.8) is 0 Å². The van der Waals surface area contributed by atoms with Crippen molar-refractivity contribution in [3.8, 4) is 0 Å². The maximum Gasteiger partial charge on any atom is 0.220 e. The van der Waals surface area contributed by atoms with Gasteiger partial charge >= 0.3 is 0 Å². The molecule has 21 heavy (non-hydrogen) atoms. The van der Waals surface area contributed by atoms with E-state index in [1.54, 1.807) is 6.20 Å². The predicted octanol–water partition coefficient (Wildman–Crippen LogP) is 1.05. The Hall–Kier alpha value is -2.34. The van der Waals surface area contributed by atoms with Crippen molar-refractivity contribution in [3.05, 3.63) is 30.5 Å². The number of aromatic nitrogens is 3. The lowest BCUT2D eigenvalue weighted by Gasteiger charge is -2.35. The first kappa shape index (κ1) is 12.4. The van der Waals surface area contributed by atoms with Gasteiger partial charge in [-0.15, -0.1) is 0 Å². The largest absolute Gasteiger partial charge is 0.368 e. The number of likely N-dealkylation sites (N-methyl/N-ethyl adjacent to an activating group) is 1. The van der Waals surface area contributed by atoms with Crippen molar-refractivity contribution >= 4 is 27.9 Å². The highest BCUT2D eigenvalue weighted by atomic mass is 15.6. The van der Waals surface area contributed by atoms with E-state index >= 15 is 0 Å². The molecule has 0 amide bonds. The molecule has 0 atom stereocenters. The molecule has 1 aliphatic heterocycles. The van der Waals surface area contributed by atoms with Crippen LogP contribution in [0.25, 0.3) is 21.9 Å². The van der Waals surface area contributed by atoms with Crippen LogP contribution in [0.15, 0.2) is 30.5 Å². The highest BCUT2D eigenvalue weighted by Crippen LogP contribution is 2.26. The zero-order chi connectivity index (χ0) is 14.4. The molecule has 0 unspecified atom stereocenters. The van der Waals surface area contributed by atoms with E-state index in [0.717, 1.165) is 48.1 Å². The second-order valence-electron chi connectivity index (χ2n) is 5.55. The van der Waals surface area contributed by atoms with Gasteiger partial charge in [0, 0.05) is 31.6 Å². The highest BCUT2D eigenvalue weighted by Gasteiger charge is 2.20. The maximum atomic E-state index is 6.18. The van der Waals surface area contributed by atoms with E-state index in [0.29, 0.717) is 5.95 Å². The number of anilines is 1. The van der Waals surface area contributed by atoms with Gasteiger partial charge in [0.05, 0.1) is 11.7 Å². The SMILES string of the molecule is CN1CCN(n2c(N)nc3cnc4ccccc4c32)CC1. The number of nitrogens with two attached hydrogens (primary N) is 1. The average Bonchev–Trinajstić information content (AvgIpc) is 2.85. The lowest BCUT2D eigenvalue weighted by atomic mass is 10.2. The zero-order valence-electron chi connectivity index (χ0n) is 12.0. The molecular weight excluding hydrogens is 264 g/mol. The molecule has 1 fully saturated rings. The normalized spacial score (nSPS) is 16.9. The smallest absolute Gasteiger partial charge is 0.220 e. The number of imidazole rings is 1. The fraction of sp³-hybridized carbons (Fsp3) is 0.333. The molecule has 108 valence electrons. The molecule has 6 nitrogen and oxygen atoms in total. The first-order valence-electron chi connectivity index (χ1n) is 7.19. The lowest BCUT2D eigenvalue weighted by Crippen LogP contribution is -2.50. The summed E-state index contributed by atoms with van der Waals surface area (Å²) in [5, 5.41) is 3.37. The summed E-state index contributed by atoms with van der Waals surface area (Å²) in [5.41, 5.74) is 9.06. The number of fused-ring (bicyclic) bond motifs is 3. The summed E-state index contributed by atoms with van der Waals surface area (Å²) < 4.78 is 2.06. The fourth-order valence-electron chi connectivity index (χ4n) is 2.99. The third-order valence-electron chi connectivity index (χ3n) is 4.15. The quantitative estimate of drug-likeness (QED) is 0.723. The van der Waals surface area contributed by atoms with Gasteiger partial charge in [0.1, 0.15) is 11.0 Å². The van der Waals surface area contributed by atoms with E-state index < -0.39 is 0 Å². The van der Waals surface area contributed by atoms with Gasteiger partial charge in [0.2, 0.25) is 5.95 Å². The molecule has 2 aromatic heterocycles. The number of benzene rings is 1. The molecule has 3 aromatic rings. The van der Waals surface area contributed by atoms with E-state index in [-0.39, 0.29) is 0 Å². The Morgan fingerprint density at radius 2 is 1.81 bits per heavy atom. The number of hydrogen-bond donors (Lipinski definition) is 1. The Morgan fingerprint density at radius 1 is 1.05 bits per heavy atom. The molecule has 0 spiro atoms. The zero-order valence-corrected chi connectivity index (χ0v) is 12.0. The Morgan fingerprint density at radius 3 is 2.62 bits per heavy atom. The number of nitrogen functional groups attached to an aromatic ring is 1. The summed E-state index contributed by atoms with van der Waals surface area (Å²) in [7, 11) is 2.14. The van der Waals surface area contributed by atoms with Crippen LogP contribution in [0, 0.1) is 0 Å². The second-order valence-corrected chi connectivity index (χ2v) is 5.55. The van der Waals surface area contributed by atoms with E-state index in [4.69, 9.17) is 5.73 Å². The first-order chi connectivity index (χ1) is 10.2. The third kappa shape index (κ3) is 1.91. The van der Waals surface area contributed by atoms with Gasteiger partial charge in [0.25, 0.3) is 0 Å². The molecule has 6 heteroatoms. The van der Waals surface area contributed by atoms with Crippen molar-refractivity contribution in [1.82, 2.24) is 19.5 Å². The molecule has 0 bridgehead atoms. The van der Waals surface area contributed by atoms with E-state index in [2.05, 4.69) is 37.7 Å². The van der Waals surface area contributed by atoms with Gasteiger partial charge in [-0.2, -0.15) is 0 Å². The van der Waals surface area contributed by atoms with E-state index in [1.165, 1.54) is 0 Å². The molecule has 0 radical (unpaired) electrons. The van der Waals surface area contributed by atoms with Crippen LogP contribution in [-0.4, -0.2) is 52.8 Å². The predicted molar refractivity (Wildman–Crippen MR) is 84.9 cm³/mol. The molecule has 0 aliphatic carbocycles. The monoisotopic (exact) mass is 282 g/mol. The van der Waals surface area contributed by atoms with Crippen LogP contribution >= 0.6 is 0 Å². The highest BCUT2D eigenvalue weighted by molar-refractivity contribution is 6.03. The van der Waals surface area contributed by atoms with Gasteiger partial charge in [-0.3, -0.25) is 4.98 Å². The standard InChI is InChI=1S/C15H18N6/c1-19-6-8-20(9-7-19)21-14-11-4-2-3-5-12(11)17-10-13(14)18-15(21)16/h2-5,10H,6-9H2,1H3,(H2,16,18). The Bertz CT molecular complexity index is 800. The van der Waals surface area contributed by atoms with Crippen LogP contribution < -0.4 is 10.7 Å². The summed E-state index contributed by atoms with van der Waals surface area (Å²) in [6, 6.07) is 8.13. The number of piperazine rings is 1. The minimum atomic E-state index is 0.535. The van der Waals surface area contributed by atoms with Crippen molar-refractivity contribution in [2.24, 2.45) is 0 Å². The van der Waals surface area contributed by atoms with E-state index in [1.807, 2.05) is 18.2 Å². The van der Waals surface area contributed by atoms with Crippen LogP contribution in [0.5, 0.6) is 0 Å². The Balaban J connectivity index is 1.95. The molecule has 2 N–H and O–H groups in total. The number of nitrogens with zero attached hydrogens (tertiary/aromatic N) is 5. The third-order valence-corrected chi connectivity index (χ3v) is 4.15. The topological polar surface area (TPSA) is 63.2 Å². The molecule has 1 aromatic carbocycles. The number of pyridine rings is 1. The van der Waals surface area contributed by atoms with Crippen LogP contribution in [-0.2, 0) is 0 Å². The average molecular weight is 282 g/mol. The van der Waals surface area contributed by atoms with E-state index in [9.17, 15) is 0 Å². The number of hydrogen-bond acceptors (Lipinski definition) is 5. The minimum absolute atomic E-state index is 0.535. The minimum Gasteiger partial charge on any atom is -0.368 e. The van der Waals surface area contributed by atoms with Gasteiger partial charge in [0.15, 0.2) is 0 Å². The molecule has 3 heterocycles. The number of rotatable bonds is 1. The van der Waals surface area contributed by atoms with Gasteiger partial charge in [-0.1, -0.05) is 18.2 Å². The summed E-state index contributed by atoms with van der Waals surface area (Å²) in [5.74, 6) is 0.535. The van der Waals surface area contributed by atoms with Crippen LogP contribution in [0.2, 0.25) is 0 Å². The van der Waals surface area contributed by atoms with Crippen molar-refractivity contribution in [2.75, 3.05) is 44.0 Å². The summed E-state index contributed by atoms with van der Waals surface area (Å²) >= 11 is 0. The fourth-order valence-corrected chi connectivity index (χ4v) is 2.99. The summed E-state index contributed by atoms with van der Waals surface area (Å²) in [6.07, 6.45) is 1.81. The van der Waals surface area contributed by atoms with Crippen LogP contribution in [0.4, 0.5) is 5.95 Å². The molecule has 1 aliphatic rings. The van der Waals surface area contributed by atoms with Gasteiger partial charge < -0.3 is 15.6 Å². The molecule has 0 saturated carbocycles. The summed E-state index contributed by atoms with van der Waals surface area (Å²) in [4.78, 5) is 11.3. The van der Waals surface area contributed by atoms with Crippen LogP contribution in [0.3, 0.4) is 0 Å². The van der Waals surface area contributed by atoms with Gasteiger partial charge in [-0.05, 0) is 13.1 Å². The number of para-hydroxylation sites is 1. The lowest BCUT2D eigenvalue weighted by molar-refractivity contribution is 0.290. The second kappa shape index (κ2) is 4.60. The van der Waals surface area contributed by atoms with Crippen molar-refractivity contribution in [2.45, 2.75) is 0 Å². The van der Waals surface area contributed by atoms with Crippen molar-refractivity contribution in [1.29, 1.82) is 0 Å². The van der Waals surface area contributed by atoms with Crippen molar-refractivity contribution < 1.29 is 0 Å². The Kier molecular flexibility index (Phi) is 2.71. The molecule has 1 saturated heterocycles. The molecule has 4 rings (SSSR count). The maximum absolute atomic E-state index is 6.18. The van der Waals surface area contributed by atoms with Gasteiger partial charge in [-0.25, -0.2) is 9.66 Å². The first-order valence-corrected chi connectivity index (χ1v) is 7.19.